The Morgan fingerprint density at radius 2 is 1.41 bits per heavy atom. The van der Waals surface area contributed by atoms with Crippen LogP contribution in [0, 0.1) is 23.7 Å². The molecule has 0 aromatic rings. The minimum atomic E-state index is -1.51. The average Bonchev–Trinajstić information content (AvgIpc) is 3.18. The first-order chi connectivity index (χ1) is 18.9. The summed E-state index contributed by atoms with van der Waals surface area (Å²) in [5, 5.41) is 0. The molecule has 3 aliphatic rings. The number of ether oxygens (including phenoxy) is 6. The Morgan fingerprint density at radius 1 is 0.854 bits per heavy atom. The average molecular weight is 581 g/mol. The Morgan fingerprint density at radius 3 is 1.90 bits per heavy atom. The van der Waals surface area contributed by atoms with E-state index in [1.807, 2.05) is 13.8 Å². The first-order valence-electron chi connectivity index (χ1n) is 14.1. The molecule has 2 bridgehead atoms. The quantitative estimate of drug-likeness (QED) is 0.259. The molecule has 0 N–H and O–H groups in total. The Balaban J connectivity index is 2.32. The van der Waals surface area contributed by atoms with Gasteiger partial charge in [-0.1, -0.05) is 20.4 Å². The van der Waals surface area contributed by atoms with Crippen LogP contribution in [0.3, 0.4) is 0 Å². The van der Waals surface area contributed by atoms with Gasteiger partial charge in [-0.15, -0.1) is 0 Å². The van der Waals surface area contributed by atoms with Gasteiger partial charge < -0.3 is 28.4 Å². The monoisotopic (exact) mass is 580 g/mol. The smallest absolute Gasteiger partial charge is 0.303 e. The normalized spacial score (nSPS) is 38.4. The summed E-state index contributed by atoms with van der Waals surface area (Å²) < 4.78 is 36.1. The molecule has 0 unspecified atom stereocenters. The second-order valence-electron chi connectivity index (χ2n) is 12.3. The van der Waals surface area contributed by atoms with Gasteiger partial charge in [0, 0.05) is 52.4 Å². The molecule has 41 heavy (non-hydrogen) atoms. The summed E-state index contributed by atoms with van der Waals surface area (Å²) in [6.45, 7) is 18.0. The summed E-state index contributed by atoms with van der Waals surface area (Å²) in [5.74, 6) is -4.50. The zero-order valence-electron chi connectivity index (χ0n) is 25.5. The lowest BCUT2D eigenvalue weighted by Gasteiger charge is -2.56. The Labute approximate surface area is 241 Å². The van der Waals surface area contributed by atoms with Crippen LogP contribution in [0.4, 0.5) is 0 Å². The Bertz CT molecular complexity index is 1080. The van der Waals surface area contributed by atoms with Crippen LogP contribution in [0.5, 0.6) is 0 Å². The molecule has 2 saturated heterocycles. The van der Waals surface area contributed by atoms with E-state index in [4.69, 9.17) is 28.4 Å². The predicted molar refractivity (Wildman–Crippen MR) is 144 cm³/mol. The number of rotatable bonds is 6. The molecule has 230 valence electrons. The molecule has 11 nitrogen and oxygen atoms in total. The van der Waals surface area contributed by atoms with Crippen molar-refractivity contribution in [1.82, 2.24) is 0 Å². The molecule has 11 heteroatoms. The van der Waals surface area contributed by atoms with Crippen molar-refractivity contribution in [3.05, 3.63) is 12.2 Å². The molecule has 0 spiro atoms. The van der Waals surface area contributed by atoms with Crippen molar-refractivity contribution in [3.8, 4) is 0 Å². The molecule has 1 aliphatic carbocycles. The maximum Gasteiger partial charge on any atom is 0.303 e. The fraction of sp³-hybridized carbons (Fsp3) is 0.767. The molecule has 2 heterocycles. The van der Waals surface area contributed by atoms with Gasteiger partial charge in [-0.2, -0.15) is 0 Å². The third kappa shape index (κ3) is 6.60. The molecule has 2 aliphatic heterocycles. The first kappa shape index (κ1) is 32.6. The highest BCUT2D eigenvalue weighted by atomic mass is 16.6. The molecular weight excluding hydrogens is 536 g/mol. The number of carbonyl (C=O) groups is 5. The maximum atomic E-state index is 12.6. The van der Waals surface area contributed by atoms with Crippen LogP contribution in [-0.2, 0) is 52.4 Å². The minimum Gasteiger partial charge on any atom is -0.458 e. The van der Waals surface area contributed by atoms with E-state index < -0.39 is 89.3 Å². The molecule has 0 amide bonds. The highest BCUT2D eigenvalue weighted by Crippen LogP contribution is 2.59. The van der Waals surface area contributed by atoms with Crippen LogP contribution in [0.2, 0.25) is 0 Å². The summed E-state index contributed by atoms with van der Waals surface area (Å²) in [6, 6.07) is 0. The van der Waals surface area contributed by atoms with Gasteiger partial charge in [0.05, 0.1) is 6.10 Å². The van der Waals surface area contributed by atoms with Crippen molar-refractivity contribution in [3.63, 3.8) is 0 Å². The number of carbonyl (C=O) groups excluding carboxylic acids is 5. The summed E-state index contributed by atoms with van der Waals surface area (Å²) in [7, 11) is 0. The molecular formula is C30H44O11. The number of hydrogen-bond donors (Lipinski definition) is 0. The van der Waals surface area contributed by atoms with Crippen LogP contribution < -0.4 is 0 Å². The van der Waals surface area contributed by atoms with Crippen molar-refractivity contribution < 1.29 is 52.4 Å². The van der Waals surface area contributed by atoms with Gasteiger partial charge in [-0.05, 0) is 44.6 Å². The van der Waals surface area contributed by atoms with Gasteiger partial charge in [-0.3, -0.25) is 24.0 Å². The minimum absolute atomic E-state index is 0.127. The fourth-order valence-electron chi connectivity index (χ4n) is 7.54. The van der Waals surface area contributed by atoms with Gasteiger partial charge in [-0.25, -0.2) is 0 Å². The van der Waals surface area contributed by atoms with E-state index in [2.05, 4.69) is 6.58 Å². The van der Waals surface area contributed by atoms with Crippen molar-refractivity contribution in [2.75, 3.05) is 0 Å². The highest BCUT2D eigenvalue weighted by molar-refractivity contribution is 5.69. The van der Waals surface area contributed by atoms with E-state index in [1.165, 1.54) is 34.6 Å². The van der Waals surface area contributed by atoms with E-state index in [0.717, 1.165) is 0 Å². The van der Waals surface area contributed by atoms with Crippen LogP contribution in [0.15, 0.2) is 12.2 Å². The van der Waals surface area contributed by atoms with Gasteiger partial charge in [0.25, 0.3) is 0 Å². The largest absolute Gasteiger partial charge is 0.458 e. The van der Waals surface area contributed by atoms with E-state index in [-0.39, 0.29) is 18.8 Å². The van der Waals surface area contributed by atoms with Crippen LogP contribution in [-0.4, -0.2) is 71.6 Å². The number of esters is 5. The SMILES string of the molecule is C=C1C[C@H]2O[C@H]([C@@H]3[C@@H](C(C)C)[C@H](OC(C)=O)[C@H](OC(C)=O)[C@@](C)(OC(C)=O)[C@@H]32)[C@](C)(OC(C)=O)CC[C@@H]1OC(C)=O. The second kappa shape index (κ2) is 12.1. The summed E-state index contributed by atoms with van der Waals surface area (Å²) in [5.41, 5.74) is -2.12. The lowest BCUT2D eigenvalue weighted by molar-refractivity contribution is -0.249. The van der Waals surface area contributed by atoms with Gasteiger partial charge in [0.1, 0.15) is 23.9 Å². The second-order valence-corrected chi connectivity index (χ2v) is 12.3. The van der Waals surface area contributed by atoms with E-state index in [1.54, 1.807) is 13.8 Å². The van der Waals surface area contributed by atoms with Crippen LogP contribution in [0.1, 0.15) is 81.6 Å². The summed E-state index contributed by atoms with van der Waals surface area (Å²) in [4.78, 5) is 61.9. The van der Waals surface area contributed by atoms with Crippen molar-refractivity contribution in [2.45, 2.75) is 123 Å². The van der Waals surface area contributed by atoms with Crippen molar-refractivity contribution in [1.29, 1.82) is 0 Å². The molecule has 0 aromatic heterocycles. The van der Waals surface area contributed by atoms with Crippen LogP contribution in [0.25, 0.3) is 0 Å². The zero-order chi connectivity index (χ0) is 31.0. The molecule has 0 aromatic carbocycles. The predicted octanol–water partition coefficient (Wildman–Crippen LogP) is 3.45. The molecule has 3 rings (SSSR count). The fourth-order valence-corrected chi connectivity index (χ4v) is 7.54. The lowest BCUT2D eigenvalue weighted by atomic mass is 9.55. The number of fused-ring (bicyclic) bond motifs is 5. The Kier molecular flexibility index (Phi) is 9.62. The van der Waals surface area contributed by atoms with E-state index >= 15 is 0 Å². The molecule has 3 fully saturated rings. The van der Waals surface area contributed by atoms with Gasteiger partial charge >= 0.3 is 29.8 Å². The summed E-state index contributed by atoms with van der Waals surface area (Å²) in [6.07, 6.45) is -3.37. The van der Waals surface area contributed by atoms with Crippen molar-refractivity contribution >= 4 is 29.8 Å². The highest BCUT2D eigenvalue weighted by Gasteiger charge is 2.71. The first-order valence-corrected chi connectivity index (χ1v) is 14.1. The summed E-state index contributed by atoms with van der Waals surface area (Å²) >= 11 is 0. The zero-order valence-corrected chi connectivity index (χ0v) is 25.5. The van der Waals surface area contributed by atoms with E-state index in [0.29, 0.717) is 12.0 Å². The van der Waals surface area contributed by atoms with Crippen LogP contribution >= 0.6 is 0 Å². The molecule has 0 radical (unpaired) electrons. The standard InChI is InChI=1S/C30H44O11/c1-14(2)23-24-25(30(10,41-20(8)35)28(38-18(6)33)26(23)37-17(5)32)22-13-15(3)21(36-16(4)31)11-12-29(9,27(24)39-22)40-19(7)34/h14,21-28H,3,11-13H2,1-2,4-10H3/t21-,22+,23+,24+,25+,26-,27+,28-,29+,30-/m0/s1. The van der Waals surface area contributed by atoms with Gasteiger partial charge in [0.15, 0.2) is 11.7 Å². The van der Waals surface area contributed by atoms with Crippen molar-refractivity contribution in [2.24, 2.45) is 23.7 Å². The number of hydrogen-bond acceptors (Lipinski definition) is 11. The van der Waals surface area contributed by atoms with Gasteiger partial charge in [0.2, 0.25) is 0 Å². The lowest BCUT2D eigenvalue weighted by Crippen LogP contribution is -2.69. The Hall–Kier alpha value is -2.95. The van der Waals surface area contributed by atoms with E-state index in [9.17, 15) is 24.0 Å². The third-order valence-corrected chi connectivity index (χ3v) is 8.67. The maximum absolute atomic E-state index is 12.6. The topological polar surface area (TPSA) is 141 Å². The molecule has 1 saturated carbocycles. The third-order valence-electron chi connectivity index (χ3n) is 8.67. The molecule has 10 atom stereocenters.